The van der Waals surface area contributed by atoms with Gasteiger partial charge >= 0.3 is 6.03 Å². The van der Waals surface area contributed by atoms with Gasteiger partial charge in [-0.3, -0.25) is 0 Å². The number of aromatic nitrogens is 1. The van der Waals surface area contributed by atoms with Crippen LogP contribution in [0.1, 0.15) is 30.9 Å². The normalized spacial score (nSPS) is 11.4. The molecule has 0 saturated carbocycles. The van der Waals surface area contributed by atoms with Crippen LogP contribution in [-0.4, -0.2) is 16.3 Å². The topological polar surface area (TPSA) is 87.4 Å². The number of anilines is 1. The number of hydrogen-bond donors (Lipinski definition) is 3. The molecule has 0 spiro atoms. The molecule has 3 N–H and O–H groups in total. The Morgan fingerprint density at radius 1 is 1.30 bits per heavy atom. The van der Waals surface area contributed by atoms with Crippen molar-refractivity contribution in [1.29, 1.82) is 0 Å². The van der Waals surface area contributed by atoms with E-state index in [9.17, 15) is 9.90 Å². The van der Waals surface area contributed by atoms with Gasteiger partial charge in [-0.2, -0.15) is 0 Å². The second kappa shape index (κ2) is 6.78. The van der Waals surface area contributed by atoms with E-state index >= 15 is 0 Å². The zero-order chi connectivity index (χ0) is 17.2. The summed E-state index contributed by atoms with van der Waals surface area (Å²) in [6.45, 7) is 5.21. The van der Waals surface area contributed by atoms with E-state index in [1.165, 1.54) is 0 Å². The van der Waals surface area contributed by atoms with Gasteiger partial charge in [0.2, 0.25) is 0 Å². The molecule has 0 aliphatic rings. The molecule has 0 bridgehead atoms. The van der Waals surface area contributed by atoms with Gasteiger partial charge < -0.3 is 20.3 Å². The van der Waals surface area contributed by atoms with Crippen LogP contribution in [0.3, 0.4) is 0 Å². The third kappa shape index (κ3) is 4.60. The van der Waals surface area contributed by atoms with Crippen molar-refractivity contribution in [2.75, 3.05) is 5.32 Å². The van der Waals surface area contributed by atoms with E-state index < -0.39 is 11.6 Å². The Morgan fingerprint density at radius 3 is 2.39 bits per heavy atom. The number of halogens is 2. The molecule has 1 aromatic heterocycles. The third-order valence-corrected chi connectivity index (χ3v) is 3.69. The minimum Gasteiger partial charge on any atom is -0.386 e. The molecule has 2 rings (SSSR count). The molecule has 2 aromatic rings. The van der Waals surface area contributed by atoms with Crippen LogP contribution in [0.4, 0.5) is 10.5 Å². The second-order valence-corrected chi connectivity index (χ2v) is 6.42. The van der Waals surface area contributed by atoms with Crippen LogP contribution in [0.15, 0.2) is 22.7 Å². The van der Waals surface area contributed by atoms with Crippen molar-refractivity contribution in [3.05, 3.63) is 45.3 Å². The highest BCUT2D eigenvalue weighted by Gasteiger charge is 2.20. The Morgan fingerprint density at radius 2 is 1.91 bits per heavy atom. The highest BCUT2D eigenvalue weighted by Crippen LogP contribution is 2.35. The Kier molecular flexibility index (Phi) is 5.19. The molecular weight excluding hydrogens is 341 g/mol. The van der Waals surface area contributed by atoms with Crippen molar-refractivity contribution < 1.29 is 14.4 Å². The molecule has 0 aliphatic heterocycles. The summed E-state index contributed by atoms with van der Waals surface area (Å²) in [5, 5.41) is 19.4. The van der Waals surface area contributed by atoms with Crippen molar-refractivity contribution in [1.82, 2.24) is 10.5 Å². The molecule has 0 fully saturated rings. The lowest BCUT2D eigenvalue weighted by molar-refractivity contribution is 0.0786. The number of carbonyl (C=O) groups is 1. The van der Waals surface area contributed by atoms with Gasteiger partial charge in [-0.25, -0.2) is 4.79 Å². The van der Waals surface area contributed by atoms with Crippen molar-refractivity contribution in [2.45, 2.75) is 32.9 Å². The van der Waals surface area contributed by atoms with Gasteiger partial charge in [0.25, 0.3) is 0 Å². The van der Waals surface area contributed by atoms with E-state index in [0.717, 1.165) is 0 Å². The van der Waals surface area contributed by atoms with Crippen LogP contribution in [0.2, 0.25) is 10.0 Å². The van der Waals surface area contributed by atoms with E-state index in [1.807, 2.05) is 0 Å². The fourth-order valence-corrected chi connectivity index (χ4v) is 2.46. The molecule has 1 heterocycles. The number of carbonyl (C=O) groups excluding carboxylic acids is 1. The van der Waals surface area contributed by atoms with Crippen molar-refractivity contribution >= 4 is 34.9 Å². The lowest BCUT2D eigenvalue weighted by Crippen LogP contribution is -2.28. The number of benzene rings is 1. The summed E-state index contributed by atoms with van der Waals surface area (Å²) in [4.78, 5) is 11.9. The lowest BCUT2D eigenvalue weighted by atomic mass is 9.98. The third-order valence-electron chi connectivity index (χ3n) is 3.09. The maximum Gasteiger partial charge on any atom is 0.319 e. The SMILES string of the molecule is Cc1cc(CNC(=O)Nc2c(Cl)cc(C(C)(C)O)cc2Cl)no1. The number of amides is 2. The molecule has 0 unspecified atom stereocenters. The number of aliphatic hydroxyl groups is 1. The minimum absolute atomic E-state index is 0.208. The van der Waals surface area contributed by atoms with Crippen molar-refractivity contribution in [2.24, 2.45) is 0 Å². The fourth-order valence-electron chi connectivity index (χ4n) is 1.88. The monoisotopic (exact) mass is 357 g/mol. The molecule has 6 nitrogen and oxygen atoms in total. The molecule has 8 heteroatoms. The number of nitrogens with zero attached hydrogens (tertiary/aromatic N) is 1. The van der Waals surface area contributed by atoms with E-state index in [2.05, 4.69) is 15.8 Å². The van der Waals surface area contributed by atoms with Gasteiger partial charge in [-0.15, -0.1) is 0 Å². The van der Waals surface area contributed by atoms with Gasteiger partial charge in [-0.05, 0) is 38.5 Å². The van der Waals surface area contributed by atoms with Crippen LogP contribution >= 0.6 is 23.2 Å². The van der Waals surface area contributed by atoms with Crippen LogP contribution in [0, 0.1) is 6.92 Å². The quantitative estimate of drug-likeness (QED) is 0.775. The highest BCUT2D eigenvalue weighted by molar-refractivity contribution is 6.39. The number of nitrogens with one attached hydrogen (secondary N) is 2. The summed E-state index contributed by atoms with van der Waals surface area (Å²) >= 11 is 12.3. The lowest BCUT2D eigenvalue weighted by Gasteiger charge is -2.20. The number of hydrogen-bond acceptors (Lipinski definition) is 4. The molecule has 1 aromatic carbocycles. The maximum absolute atomic E-state index is 11.9. The van der Waals surface area contributed by atoms with Gasteiger partial charge in [0.05, 0.1) is 27.9 Å². The standard InChI is InChI=1S/C15H17Cl2N3O3/c1-8-4-10(20-23-8)7-18-14(21)19-13-11(16)5-9(6-12(13)17)15(2,3)22/h4-6,22H,7H2,1-3H3,(H2,18,19,21). The van der Waals surface area contributed by atoms with Crippen molar-refractivity contribution in [3.63, 3.8) is 0 Å². The first kappa shape index (κ1) is 17.6. The Bertz CT molecular complexity index is 700. The van der Waals surface area contributed by atoms with Gasteiger partial charge in [-0.1, -0.05) is 28.4 Å². The summed E-state index contributed by atoms with van der Waals surface area (Å²) < 4.78 is 4.91. The first-order valence-corrected chi connectivity index (χ1v) is 7.61. The molecule has 0 aliphatic carbocycles. The largest absolute Gasteiger partial charge is 0.386 e. The molecule has 0 saturated heterocycles. The molecule has 124 valence electrons. The fraction of sp³-hybridized carbons (Fsp3) is 0.333. The van der Waals surface area contributed by atoms with E-state index in [1.54, 1.807) is 39.0 Å². The maximum atomic E-state index is 11.9. The van der Waals surface area contributed by atoms with Crippen LogP contribution in [-0.2, 0) is 12.1 Å². The average Bonchev–Trinajstić information content (AvgIpc) is 2.85. The number of urea groups is 1. The molecular formula is C15H17Cl2N3O3. The van der Waals surface area contributed by atoms with E-state index in [-0.39, 0.29) is 22.3 Å². The van der Waals surface area contributed by atoms with Gasteiger partial charge in [0.15, 0.2) is 0 Å². The van der Waals surface area contributed by atoms with Crippen LogP contribution in [0.25, 0.3) is 0 Å². The predicted octanol–water partition coefficient (Wildman–Crippen LogP) is 3.84. The average molecular weight is 358 g/mol. The smallest absolute Gasteiger partial charge is 0.319 e. The highest BCUT2D eigenvalue weighted by atomic mass is 35.5. The summed E-state index contributed by atoms with van der Waals surface area (Å²) in [6.07, 6.45) is 0. The molecule has 2 amide bonds. The summed E-state index contributed by atoms with van der Waals surface area (Å²) in [6, 6.07) is 4.36. The Hall–Kier alpha value is -1.76. The van der Waals surface area contributed by atoms with E-state index in [0.29, 0.717) is 17.0 Å². The number of aryl methyl sites for hydroxylation is 1. The number of rotatable bonds is 4. The summed E-state index contributed by atoms with van der Waals surface area (Å²) in [5.41, 5.74) is 0.345. The summed E-state index contributed by atoms with van der Waals surface area (Å²) in [7, 11) is 0. The second-order valence-electron chi connectivity index (χ2n) is 5.61. The van der Waals surface area contributed by atoms with Crippen LogP contribution in [0.5, 0.6) is 0 Å². The summed E-state index contributed by atoms with van der Waals surface area (Å²) in [5.74, 6) is 0.663. The molecule has 0 atom stereocenters. The van der Waals surface area contributed by atoms with Gasteiger partial charge in [0, 0.05) is 6.07 Å². The zero-order valence-electron chi connectivity index (χ0n) is 12.9. The van der Waals surface area contributed by atoms with Gasteiger partial charge in [0.1, 0.15) is 11.5 Å². The van der Waals surface area contributed by atoms with Crippen LogP contribution < -0.4 is 10.6 Å². The molecule has 0 radical (unpaired) electrons. The first-order chi connectivity index (χ1) is 10.7. The van der Waals surface area contributed by atoms with Crippen molar-refractivity contribution in [3.8, 4) is 0 Å². The van der Waals surface area contributed by atoms with E-state index in [4.69, 9.17) is 27.7 Å². The Balaban J connectivity index is 2.06. The zero-order valence-corrected chi connectivity index (χ0v) is 14.4. The predicted molar refractivity (Wildman–Crippen MR) is 88.8 cm³/mol. The Labute approximate surface area is 143 Å². The molecule has 23 heavy (non-hydrogen) atoms. The minimum atomic E-state index is -1.08. The first-order valence-electron chi connectivity index (χ1n) is 6.86.